The molecule has 2 aromatic rings. The Morgan fingerprint density at radius 1 is 1.29 bits per heavy atom. The van der Waals surface area contributed by atoms with Crippen molar-refractivity contribution in [3.63, 3.8) is 0 Å². The van der Waals surface area contributed by atoms with Crippen LogP contribution >= 0.6 is 12.2 Å². The summed E-state index contributed by atoms with van der Waals surface area (Å²) in [6, 6.07) is 9.91. The summed E-state index contributed by atoms with van der Waals surface area (Å²) in [6.07, 6.45) is 0. The number of H-pyrrole nitrogens is 1. The standard InChI is InChI=1S/C10H11N3S/c1-13-9(11)8(12-10(13)14)7-5-3-2-4-6-7/h2-6H,11H2,1H3,(H,12,14). The van der Waals surface area contributed by atoms with Crippen molar-refractivity contribution >= 4 is 18.0 Å². The molecule has 14 heavy (non-hydrogen) atoms. The molecule has 1 aromatic heterocycles. The summed E-state index contributed by atoms with van der Waals surface area (Å²) in [4.78, 5) is 3.08. The molecule has 0 amide bonds. The molecule has 0 aliphatic rings. The normalized spacial score (nSPS) is 10.4. The number of aromatic nitrogens is 2. The van der Waals surface area contributed by atoms with Crippen LogP contribution in [-0.2, 0) is 7.05 Å². The van der Waals surface area contributed by atoms with Gasteiger partial charge in [-0.2, -0.15) is 0 Å². The summed E-state index contributed by atoms with van der Waals surface area (Å²) in [5.41, 5.74) is 7.84. The number of imidazole rings is 1. The Balaban J connectivity index is 2.64. The number of nitrogen functional groups attached to an aromatic ring is 1. The topological polar surface area (TPSA) is 46.7 Å². The first-order chi connectivity index (χ1) is 6.70. The van der Waals surface area contributed by atoms with Crippen molar-refractivity contribution in [2.75, 3.05) is 5.73 Å². The lowest BCUT2D eigenvalue weighted by atomic mass is 10.1. The Hall–Kier alpha value is -1.55. The molecule has 0 unspecified atom stereocenters. The summed E-state index contributed by atoms with van der Waals surface area (Å²) in [5.74, 6) is 0.668. The molecule has 0 aliphatic heterocycles. The number of nitrogens with zero attached hydrogens (tertiary/aromatic N) is 1. The molecule has 1 heterocycles. The Morgan fingerprint density at radius 3 is 2.43 bits per heavy atom. The largest absolute Gasteiger partial charge is 0.383 e. The van der Waals surface area contributed by atoms with Crippen LogP contribution in [0.1, 0.15) is 0 Å². The fourth-order valence-corrected chi connectivity index (χ4v) is 1.56. The fraction of sp³-hybridized carbons (Fsp3) is 0.100. The number of nitrogens with two attached hydrogens (primary N) is 1. The second kappa shape index (κ2) is 3.31. The highest BCUT2D eigenvalue weighted by Gasteiger charge is 2.06. The molecule has 1 aromatic carbocycles. The third kappa shape index (κ3) is 1.33. The summed E-state index contributed by atoms with van der Waals surface area (Å²) in [7, 11) is 1.85. The molecular weight excluding hydrogens is 194 g/mol. The molecular formula is C10H11N3S. The van der Waals surface area contributed by atoms with Crippen molar-refractivity contribution in [3.8, 4) is 11.3 Å². The molecule has 0 aliphatic carbocycles. The van der Waals surface area contributed by atoms with Crippen LogP contribution in [0.4, 0.5) is 5.82 Å². The lowest BCUT2D eigenvalue weighted by Crippen LogP contribution is -1.96. The number of aromatic amines is 1. The fourth-order valence-electron chi connectivity index (χ4n) is 1.36. The third-order valence-corrected chi connectivity index (χ3v) is 2.59. The van der Waals surface area contributed by atoms with Gasteiger partial charge in [-0.25, -0.2) is 0 Å². The molecule has 3 nitrogen and oxygen atoms in total. The van der Waals surface area contributed by atoms with Crippen LogP contribution in [-0.4, -0.2) is 9.55 Å². The Morgan fingerprint density at radius 2 is 1.93 bits per heavy atom. The predicted octanol–water partition coefficient (Wildman–Crippen LogP) is 2.33. The molecule has 2 rings (SSSR count). The van der Waals surface area contributed by atoms with E-state index in [2.05, 4.69) is 4.98 Å². The third-order valence-electron chi connectivity index (χ3n) is 2.22. The van der Waals surface area contributed by atoms with Crippen LogP contribution in [0.5, 0.6) is 0 Å². The Bertz CT molecular complexity index is 496. The second-order valence-electron chi connectivity index (χ2n) is 3.12. The predicted molar refractivity (Wildman–Crippen MR) is 60.4 cm³/mol. The first kappa shape index (κ1) is 9.02. The summed E-state index contributed by atoms with van der Waals surface area (Å²) < 4.78 is 2.40. The van der Waals surface area contributed by atoms with Gasteiger partial charge in [-0.05, 0) is 12.2 Å². The van der Waals surface area contributed by atoms with E-state index in [4.69, 9.17) is 18.0 Å². The van der Waals surface area contributed by atoms with Crippen molar-refractivity contribution < 1.29 is 0 Å². The van der Waals surface area contributed by atoms with E-state index >= 15 is 0 Å². The molecule has 0 atom stereocenters. The molecule has 3 N–H and O–H groups in total. The van der Waals surface area contributed by atoms with Gasteiger partial charge < -0.3 is 15.3 Å². The van der Waals surface area contributed by atoms with E-state index in [1.54, 1.807) is 4.57 Å². The number of anilines is 1. The highest BCUT2D eigenvalue weighted by atomic mass is 32.1. The van der Waals surface area contributed by atoms with Crippen LogP contribution in [0, 0.1) is 4.77 Å². The molecule has 0 bridgehead atoms. The molecule has 0 radical (unpaired) electrons. The van der Waals surface area contributed by atoms with Crippen LogP contribution < -0.4 is 5.73 Å². The number of hydrogen-bond acceptors (Lipinski definition) is 2. The molecule has 0 spiro atoms. The van der Waals surface area contributed by atoms with Crippen molar-refractivity contribution in [2.24, 2.45) is 7.05 Å². The average molecular weight is 205 g/mol. The molecule has 0 fully saturated rings. The van der Waals surface area contributed by atoms with Crippen LogP contribution in [0.25, 0.3) is 11.3 Å². The Labute approximate surface area is 87.2 Å². The zero-order chi connectivity index (χ0) is 10.1. The molecule has 4 heteroatoms. The van der Waals surface area contributed by atoms with Gasteiger partial charge in [-0.1, -0.05) is 30.3 Å². The van der Waals surface area contributed by atoms with Crippen LogP contribution in [0.15, 0.2) is 30.3 Å². The van der Waals surface area contributed by atoms with E-state index in [1.807, 2.05) is 37.4 Å². The van der Waals surface area contributed by atoms with Gasteiger partial charge in [0, 0.05) is 12.6 Å². The maximum absolute atomic E-state index is 5.90. The van der Waals surface area contributed by atoms with E-state index in [0.29, 0.717) is 10.6 Å². The van der Waals surface area contributed by atoms with E-state index < -0.39 is 0 Å². The smallest absolute Gasteiger partial charge is 0.178 e. The average Bonchev–Trinajstić information content (AvgIpc) is 2.47. The van der Waals surface area contributed by atoms with Gasteiger partial charge >= 0.3 is 0 Å². The highest BCUT2D eigenvalue weighted by molar-refractivity contribution is 7.71. The van der Waals surface area contributed by atoms with Crippen molar-refractivity contribution in [3.05, 3.63) is 35.1 Å². The lowest BCUT2D eigenvalue weighted by Gasteiger charge is -1.99. The van der Waals surface area contributed by atoms with Crippen molar-refractivity contribution in [1.29, 1.82) is 0 Å². The minimum absolute atomic E-state index is 0.640. The maximum atomic E-state index is 5.90. The van der Waals surface area contributed by atoms with Gasteiger partial charge in [0.15, 0.2) is 4.77 Å². The van der Waals surface area contributed by atoms with Gasteiger partial charge in [0.2, 0.25) is 0 Å². The molecule has 0 saturated carbocycles. The van der Waals surface area contributed by atoms with Crippen molar-refractivity contribution in [1.82, 2.24) is 9.55 Å². The molecule has 0 saturated heterocycles. The molecule has 72 valence electrons. The van der Waals surface area contributed by atoms with E-state index in [1.165, 1.54) is 0 Å². The second-order valence-corrected chi connectivity index (χ2v) is 3.50. The first-order valence-electron chi connectivity index (χ1n) is 4.30. The highest BCUT2D eigenvalue weighted by Crippen LogP contribution is 2.23. The minimum atomic E-state index is 0.640. The minimum Gasteiger partial charge on any atom is -0.383 e. The SMILES string of the molecule is Cn1c(N)c(-c2ccccc2)[nH]c1=S. The number of hydrogen-bond donors (Lipinski definition) is 2. The lowest BCUT2D eigenvalue weighted by molar-refractivity contribution is 0.906. The number of nitrogens with one attached hydrogen (secondary N) is 1. The quantitative estimate of drug-likeness (QED) is 0.702. The maximum Gasteiger partial charge on any atom is 0.178 e. The summed E-state index contributed by atoms with van der Waals surface area (Å²) in [5, 5.41) is 0. The van der Waals surface area contributed by atoms with Gasteiger partial charge in [0.05, 0.1) is 5.69 Å². The van der Waals surface area contributed by atoms with E-state index in [9.17, 15) is 0 Å². The van der Waals surface area contributed by atoms with Crippen molar-refractivity contribution in [2.45, 2.75) is 0 Å². The van der Waals surface area contributed by atoms with Crippen LogP contribution in [0.2, 0.25) is 0 Å². The number of benzene rings is 1. The van der Waals surface area contributed by atoms with E-state index in [0.717, 1.165) is 11.3 Å². The van der Waals surface area contributed by atoms with E-state index in [-0.39, 0.29) is 0 Å². The zero-order valence-electron chi connectivity index (χ0n) is 7.82. The van der Waals surface area contributed by atoms with Gasteiger partial charge in [-0.15, -0.1) is 0 Å². The summed E-state index contributed by atoms with van der Waals surface area (Å²) in [6.45, 7) is 0. The summed E-state index contributed by atoms with van der Waals surface area (Å²) >= 11 is 5.09. The zero-order valence-corrected chi connectivity index (χ0v) is 8.64. The van der Waals surface area contributed by atoms with Gasteiger partial charge in [-0.3, -0.25) is 0 Å². The first-order valence-corrected chi connectivity index (χ1v) is 4.71. The monoisotopic (exact) mass is 205 g/mol. The van der Waals surface area contributed by atoms with Gasteiger partial charge in [0.25, 0.3) is 0 Å². The van der Waals surface area contributed by atoms with Gasteiger partial charge in [0.1, 0.15) is 5.82 Å². The number of rotatable bonds is 1. The Kier molecular flexibility index (Phi) is 2.13. The van der Waals surface area contributed by atoms with Crippen LogP contribution in [0.3, 0.4) is 0 Å².